The van der Waals surface area contributed by atoms with Crippen LogP contribution in [0.25, 0.3) is 10.2 Å². The third kappa shape index (κ3) is 2.67. The molecule has 0 saturated carbocycles. The molecule has 0 bridgehead atoms. The Morgan fingerprint density at radius 2 is 1.87 bits per heavy atom. The molecule has 1 fully saturated rings. The summed E-state index contributed by atoms with van der Waals surface area (Å²) in [5.74, 6) is -0.0236. The van der Waals surface area contributed by atoms with Gasteiger partial charge in [-0.2, -0.15) is 0 Å². The molecule has 23 heavy (non-hydrogen) atoms. The van der Waals surface area contributed by atoms with Crippen molar-refractivity contribution < 1.29 is 4.79 Å². The largest absolute Gasteiger partial charge is 0.341 e. The summed E-state index contributed by atoms with van der Waals surface area (Å²) in [7, 11) is 0. The first kappa shape index (κ1) is 14.8. The number of aromatic nitrogens is 3. The lowest BCUT2D eigenvalue weighted by atomic mass is 9.97. The Hall–Kier alpha value is -1.76. The summed E-state index contributed by atoms with van der Waals surface area (Å²) in [6.45, 7) is 1.58. The lowest BCUT2D eigenvalue weighted by Crippen LogP contribution is -2.40. The smallest absolute Gasteiger partial charge is 0.279 e. The number of hydrogen-bond donors (Lipinski definition) is 0. The zero-order valence-corrected chi connectivity index (χ0v) is 13.9. The van der Waals surface area contributed by atoms with Gasteiger partial charge in [0.15, 0.2) is 4.83 Å². The Morgan fingerprint density at radius 3 is 2.70 bits per heavy atom. The van der Waals surface area contributed by atoms with Crippen LogP contribution in [0.5, 0.6) is 0 Å². The lowest BCUT2D eigenvalue weighted by molar-refractivity contribution is -0.133. The number of carbonyl (C=O) groups is 1. The first-order chi connectivity index (χ1) is 11.2. The lowest BCUT2D eigenvalue weighted by Gasteiger charge is -2.26. The van der Waals surface area contributed by atoms with Gasteiger partial charge >= 0.3 is 0 Å². The second-order valence-corrected chi connectivity index (χ2v) is 7.47. The molecule has 1 aliphatic carbocycles. The van der Waals surface area contributed by atoms with Crippen molar-refractivity contribution in [2.75, 3.05) is 13.1 Å². The summed E-state index contributed by atoms with van der Waals surface area (Å²) < 4.78 is 1.25. The highest BCUT2D eigenvalue weighted by molar-refractivity contribution is 7.18. The molecule has 122 valence electrons. The summed E-state index contributed by atoms with van der Waals surface area (Å²) >= 11 is 1.59. The second kappa shape index (κ2) is 6.03. The van der Waals surface area contributed by atoms with Crippen molar-refractivity contribution in [1.82, 2.24) is 19.9 Å². The number of thiophene rings is 1. The van der Waals surface area contributed by atoms with E-state index in [-0.39, 0.29) is 18.0 Å². The molecule has 1 aliphatic heterocycles. The van der Waals surface area contributed by atoms with Crippen LogP contribution in [0.2, 0.25) is 0 Å². The fourth-order valence-corrected chi connectivity index (χ4v) is 4.78. The molecule has 4 rings (SSSR count). The van der Waals surface area contributed by atoms with Crippen molar-refractivity contribution in [3.63, 3.8) is 0 Å². The maximum Gasteiger partial charge on any atom is 0.279 e. The van der Waals surface area contributed by atoms with Crippen molar-refractivity contribution in [2.45, 2.75) is 51.5 Å². The van der Waals surface area contributed by atoms with Crippen LogP contribution in [0.4, 0.5) is 0 Å². The van der Waals surface area contributed by atoms with Crippen LogP contribution in [0, 0.1) is 0 Å². The molecular weight excluding hydrogens is 312 g/mol. The Morgan fingerprint density at radius 1 is 1.09 bits per heavy atom. The van der Waals surface area contributed by atoms with Crippen LogP contribution < -0.4 is 5.56 Å². The number of nitrogens with zero attached hydrogens (tertiary/aromatic N) is 4. The van der Waals surface area contributed by atoms with Crippen LogP contribution in [-0.4, -0.2) is 38.9 Å². The first-order valence-electron chi connectivity index (χ1n) is 8.40. The minimum atomic E-state index is -0.153. The van der Waals surface area contributed by atoms with E-state index in [0.717, 1.165) is 55.6 Å². The van der Waals surface area contributed by atoms with Crippen molar-refractivity contribution >= 4 is 27.5 Å². The normalized spacial score (nSPS) is 18.2. The van der Waals surface area contributed by atoms with Gasteiger partial charge in [0.25, 0.3) is 5.56 Å². The Bertz CT molecular complexity index is 804. The van der Waals surface area contributed by atoms with E-state index in [1.54, 1.807) is 11.3 Å². The van der Waals surface area contributed by atoms with E-state index in [0.29, 0.717) is 5.39 Å². The van der Waals surface area contributed by atoms with Gasteiger partial charge in [-0.1, -0.05) is 5.21 Å². The van der Waals surface area contributed by atoms with E-state index >= 15 is 0 Å². The van der Waals surface area contributed by atoms with Gasteiger partial charge in [-0.05, 0) is 50.5 Å². The molecule has 0 unspecified atom stereocenters. The zero-order valence-electron chi connectivity index (χ0n) is 13.1. The fraction of sp³-hybridized carbons (Fsp3) is 0.625. The summed E-state index contributed by atoms with van der Waals surface area (Å²) in [5.41, 5.74) is 0.995. The highest BCUT2D eigenvalue weighted by Crippen LogP contribution is 2.33. The Labute approximate surface area is 138 Å². The summed E-state index contributed by atoms with van der Waals surface area (Å²) in [4.78, 5) is 29.0. The SMILES string of the molecule is O=C(Cn1nnc2sc3c(c2c1=O)CCCC3)N1CCCCC1. The number of carbonyl (C=O) groups excluding carboxylic acids is 1. The van der Waals surface area contributed by atoms with Gasteiger partial charge in [0, 0.05) is 18.0 Å². The summed E-state index contributed by atoms with van der Waals surface area (Å²) in [6, 6.07) is 0. The highest BCUT2D eigenvalue weighted by Gasteiger charge is 2.22. The number of aryl methyl sites for hydroxylation is 2. The monoisotopic (exact) mass is 332 g/mol. The van der Waals surface area contributed by atoms with Crippen LogP contribution in [0.3, 0.4) is 0 Å². The molecule has 3 heterocycles. The number of amides is 1. The predicted octanol–water partition coefficient (Wildman–Crippen LogP) is 1.74. The second-order valence-electron chi connectivity index (χ2n) is 6.38. The van der Waals surface area contributed by atoms with Gasteiger partial charge in [-0.3, -0.25) is 9.59 Å². The Balaban J connectivity index is 1.66. The molecule has 0 radical (unpaired) electrons. The van der Waals surface area contributed by atoms with Gasteiger partial charge in [0.1, 0.15) is 6.54 Å². The van der Waals surface area contributed by atoms with Crippen LogP contribution in [-0.2, 0) is 24.2 Å². The predicted molar refractivity (Wildman–Crippen MR) is 88.7 cm³/mol. The third-order valence-electron chi connectivity index (χ3n) is 4.84. The quantitative estimate of drug-likeness (QED) is 0.840. The van der Waals surface area contributed by atoms with Crippen LogP contribution in [0.1, 0.15) is 42.5 Å². The Kier molecular flexibility index (Phi) is 3.88. The molecular formula is C16H20N4O2S. The number of piperidine rings is 1. The molecule has 1 amide bonds. The van der Waals surface area contributed by atoms with E-state index in [1.165, 1.54) is 22.4 Å². The zero-order chi connectivity index (χ0) is 15.8. The van der Waals surface area contributed by atoms with E-state index in [9.17, 15) is 9.59 Å². The van der Waals surface area contributed by atoms with Gasteiger partial charge in [-0.15, -0.1) is 16.4 Å². The molecule has 0 spiro atoms. The van der Waals surface area contributed by atoms with E-state index in [2.05, 4.69) is 10.3 Å². The molecule has 0 atom stereocenters. The maximum atomic E-state index is 12.8. The highest BCUT2D eigenvalue weighted by atomic mass is 32.1. The first-order valence-corrected chi connectivity index (χ1v) is 9.21. The van der Waals surface area contributed by atoms with Gasteiger partial charge in [0.05, 0.1) is 5.39 Å². The third-order valence-corrected chi connectivity index (χ3v) is 6.01. The average molecular weight is 332 g/mol. The molecule has 2 aromatic rings. The summed E-state index contributed by atoms with van der Waals surface area (Å²) in [5, 5.41) is 8.91. The molecule has 0 aromatic carbocycles. The van der Waals surface area contributed by atoms with Crippen molar-refractivity contribution in [3.8, 4) is 0 Å². The van der Waals surface area contributed by atoms with E-state index in [1.807, 2.05) is 4.90 Å². The molecule has 1 saturated heterocycles. The van der Waals surface area contributed by atoms with Crippen molar-refractivity contribution in [1.29, 1.82) is 0 Å². The molecule has 2 aliphatic rings. The van der Waals surface area contributed by atoms with Crippen LogP contribution in [0.15, 0.2) is 4.79 Å². The maximum absolute atomic E-state index is 12.8. The van der Waals surface area contributed by atoms with Gasteiger partial charge < -0.3 is 4.90 Å². The molecule has 0 N–H and O–H groups in total. The summed E-state index contributed by atoms with van der Waals surface area (Å²) in [6.07, 6.45) is 7.53. The molecule has 7 heteroatoms. The minimum Gasteiger partial charge on any atom is -0.341 e. The van der Waals surface area contributed by atoms with E-state index < -0.39 is 0 Å². The topological polar surface area (TPSA) is 68.1 Å². The number of rotatable bonds is 2. The molecule has 2 aromatic heterocycles. The number of hydrogen-bond acceptors (Lipinski definition) is 5. The van der Waals surface area contributed by atoms with E-state index in [4.69, 9.17) is 0 Å². The minimum absolute atomic E-state index is 0.00634. The fourth-order valence-electron chi connectivity index (χ4n) is 3.58. The average Bonchev–Trinajstić information content (AvgIpc) is 2.97. The number of likely N-dealkylation sites (tertiary alicyclic amines) is 1. The van der Waals surface area contributed by atoms with Crippen molar-refractivity contribution in [3.05, 3.63) is 20.8 Å². The molecule has 6 nitrogen and oxygen atoms in total. The standard InChI is InChI=1S/C16H20N4O2S/c21-13(19-8-4-1-5-9-19)10-20-16(22)14-11-6-2-3-7-12(11)23-15(14)17-18-20/h1-10H2. The number of fused-ring (bicyclic) bond motifs is 3. The van der Waals surface area contributed by atoms with Crippen molar-refractivity contribution in [2.24, 2.45) is 0 Å². The van der Waals surface area contributed by atoms with Crippen LogP contribution >= 0.6 is 11.3 Å². The van der Waals surface area contributed by atoms with Gasteiger partial charge in [-0.25, -0.2) is 4.68 Å². The van der Waals surface area contributed by atoms with Gasteiger partial charge in [0.2, 0.25) is 5.91 Å².